The lowest BCUT2D eigenvalue weighted by atomic mass is 10.0. The molecule has 2 unspecified atom stereocenters. The molecule has 1 aromatic rings. The third-order valence-electron chi connectivity index (χ3n) is 3.04. The third-order valence-corrected chi connectivity index (χ3v) is 3.04. The minimum atomic E-state index is -0.698. The van der Waals surface area contributed by atoms with Gasteiger partial charge in [-0.1, -0.05) is 0 Å². The number of hydrogen-bond donors (Lipinski definition) is 1. The lowest BCUT2D eigenvalue weighted by Gasteiger charge is -2.09. The molecular weight excluding hydrogens is 194 g/mol. The largest absolute Gasteiger partial charge is 0.481 e. The van der Waals surface area contributed by atoms with Crippen molar-refractivity contribution >= 4 is 5.97 Å². The van der Waals surface area contributed by atoms with Crippen LogP contribution in [0.1, 0.15) is 38.1 Å². The normalized spacial score (nSPS) is 25.6. The monoisotopic (exact) mass is 209 g/mol. The molecule has 1 aromatic heterocycles. The fourth-order valence-electron chi connectivity index (χ4n) is 2.26. The number of aliphatic carboxylic acids is 1. The average Bonchev–Trinajstić information content (AvgIpc) is 2.85. The van der Waals surface area contributed by atoms with E-state index in [1.54, 1.807) is 17.2 Å². The molecule has 0 saturated heterocycles. The second-order valence-corrected chi connectivity index (χ2v) is 4.11. The van der Waals surface area contributed by atoms with Crippen LogP contribution in [-0.4, -0.2) is 26.1 Å². The maximum Gasteiger partial charge on any atom is 0.303 e. The van der Waals surface area contributed by atoms with Crippen molar-refractivity contribution in [3.05, 3.63) is 12.4 Å². The highest BCUT2D eigenvalue weighted by Gasteiger charge is 2.26. The Morgan fingerprint density at radius 1 is 1.40 bits per heavy atom. The molecule has 1 aliphatic rings. The highest BCUT2D eigenvalue weighted by molar-refractivity contribution is 5.66. The van der Waals surface area contributed by atoms with Crippen LogP contribution in [0, 0.1) is 5.92 Å². The molecule has 1 heterocycles. The summed E-state index contributed by atoms with van der Waals surface area (Å²) in [6, 6.07) is 0.374. The highest BCUT2D eigenvalue weighted by Crippen LogP contribution is 2.35. The van der Waals surface area contributed by atoms with Crippen LogP contribution in [-0.2, 0) is 4.79 Å². The van der Waals surface area contributed by atoms with Gasteiger partial charge in [0.1, 0.15) is 0 Å². The van der Waals surface area contributed by atoms with Crippen LogP contribution in [0.4, 0.5) is 0 Å². The molecule has 0 radical (unpaired) electrons. The summed E-state index contributed by atoms with van der Waals surface area (Å²) >= 11 is 0. The molecule has 5 nitrogen and oxygen atoms in total. The van der Waals surface area contributed by atoms with Crippen LogP contribution in [0.25, 0.3) is 0 Å². The van der Waals surface area contributed by atoms with Crippen LogP contribution in [0.15, 0.2) is 12.4 Å². The van der Waals surface area contributed by atoms with Crippen molar-refractivity contribution < 1.29 is 9.90 Å². The van der Waals surface area contributed by atoms with Gasteiger partial charge in [-0.25, -0.2) is 0 Å². The van der Waals surface area contributed by atoms with Gasteiger partial charge < -0.3 is 5.11 Å². The fraction of sp³-hybridized carbons (Fsp3) is 0.700. The van der Waals surface area contributed by atoms with Crippen LogP contribution in [0.5, 0.6) is 0 Å². The molecule has 0 amide bonds. The summed E-state index contributed by atoms with van der Waals surface area (Å²) in [5.74, 6) is -0.173. The number of aromatic nitrogens is 3. The Balaban J connectivity index is 1.82. The Labute approximate surface area is 88.1 Å². The molecular formula is C10H15N3O2. The Morgan fingerprint density at radius 3 is 2.80 bits per heavy atom. The van der Waals surface area contributed by atoms with Crippen LogP contribution >= 0.6 is 0 Å². The van der Waals surface area contributed by atoms with Crippen molar-refractivity contribution in [3.63, 3.8) is 0 Å². The molecule has 2 rings (SSSR count). The van der Waals surface area contributed by atoms with Crippen LogP contribution in [0.2, 0.25) is 0 Å². The molecule has 0 aromatic carbocycles. The summed E-state index contributed by atoms with van der Waals surface area (Å²) < 4.78 is 0. The predicted molar refractivity (Wildman–Crippen MR) is 53.3 cm³/mol. The van der Waals surface area contributed by atoms with E-state index in [9.17, 15) is 4.79 Å². The lowest BCUT2D eigenvalue weighted by molar-refractivity contribution is -0.137. The van der Waals surface area contributed by atoms with Gasteiger partial charge in [0.25, 0.3) is 0 Å². The zero-order valence-corrected chi connectivity index (χ0v) is 8.54. The summed E-state index contributed by atoms with van der Waals surface area (Å²) in [6.45, 7) is 0. The zero-order valence-electron chi connectivity index (χ0n) is 8.54. The summed E-state index contributed by atoms with van der Waals surface area (Å²) in [5.41, 5.74) is 0. The Bertz CT molecular complexity index is 323. The third kappa shape index (κ3) is 2.55. The molecule has 1 aliphatic carbocycles. The van der Waals surface area contributed by atoms with E-state index in [4.69, 9.17) is 5.11 Å². The minimum absolute atomic E-state index is 0.282. The van der Waals surface area contributed by atoms with Crippen molar-refractivity contribution in [1.29, 1.82) is 0 Å². The van der Waals surface area contributed by atoms with Gasteiger partial charge >= 0.3 is 5.97 Å². The van der Waals surface area contributed by atoms with Gasteiger partial charge in [-0.3, -0.25) is 4.79 Å². The van der Waals surface area contributed by atoms with Crippen LogP contribution < -0.4 is 0 Å². The van der Waals surface area contributed by atoms with E-state index >= 15 is 0 Å². The van der Waals surface area contributed by atoms with Gasteiger partial charge in [0, 0.05) is 6.42 Å². The van der Waals surface area contributed by atoms with Crippen molar-refractivity contribution in [2.24, 2.45) is 5.92 Å². The first-order chi connectivity index (χ1) is 7.25. The predicted octanol–water partition coefficient (Wildman–Crippen LogP) is 1.48. The summed E-state index contributed by atoms with van der Waals surface area (Å²) in [7, 11) is 0. The zero-order chi connectivity index (χ0) is 10.7. The van der Waals surface area contributed by atoms with E-state index in [-0.39, 0.29) is 6.42 Å². The minimum Gasteiger partial charge on any atom is -0.481 e. The van der Waals surface area contributed by atoms with E-state index in [0.29, 0.717) is 12.0 Å². The smallest absolute Gasteiger partial charge is 0.303 e. The number of hydrogen-bond acceptors (Lipinski definition) is 3. The van der Waals surface area contributed by atoms with Gasteiger partial charge in [-0.2, -0.15) is 15.0 Å². The SMILES string of the molecule is O=C(O)CCC1CCC(n2nccn2)C1. The van der Waals surface area contributed by atoms with Gasteiger partial charge in [-0.15, -0.1) is 0 Å². The average molecular weight is 209 g/mol. The number of rotatable bonds is 4. The summed E-state index contributed by atoms with van der Waals surface area (Å²) in [6.07, 6.45) is 7.62. The standard InChI is InChI=1S/C10H15N3O2/c14-10(15)4-2-8-1-3-9(7-8)13-11-5-6-12-13/h5-6,8-9H,1-4,7H2,(H,14,15). The molecule has 82 valence electrons. The fourth-order valence-corrected chi connectivity index (χ4v) is 2.26. The van der Waals surface area contributed by atoms with Crippen molar-refractivity contribution in [3.8, 4) is 0 Å². The number of carbonyl (C=O) groups is 1. The maximum absolute atomic E-state index is 10.4. The molecule has 5 heteroatoms. The van der Waals surface area contributed by atoms with Crippen molar-refractivity contribution in [2.45, 2.75) is 38.1 Å². The van der Waals surface area contributed by atoms with Crippen LogP contribution in [0.3, 0.4) is 0 Å². The lowest BCUT2D eigenvalue weighted by Crippen LogP contribution is -2.09. The summed E-state index contributed by atoms with van der Waals surface area (Å²) in [5, 5.41) is 16.8. The van der Waals surface area contributed by atoms with E-state index in [2.05, 4.69) is 10.2 Å². The Kier molecular flexibility index (Phi) is 2.99. The molecule has 0 aliphatic heterocycles. The summed E-state index contributed by atoms with van der Waals surface area (Å²) in [4.78, 5) is 12.2. The second-order valence-electron chi connectivity index (χ2n) is 4.11. The molecule has 0 bridgehead atoms. The Hall–Kier alpha value is -1.39. The maximum atomic E-state index is 10.4. The first kappa shape index (κ1) is 10.1. The molecule has 1 fully saturated rings. The first-order valence-electron chi connectivity index (χ1n) is 5.33. The molecule has 2 atom stereocenters. The van der Waals surface area contributed by atoms with Gasteiger partial charge in [0.05, 0.1) is 18.4 Å². The van der Waals surface area contributed by atoms with Gasteiger partial charge in [-0.05, 0) is 31.6 Å². The van der Waals surface area contributed by atoms with Crippen molar-refractivity contribution in [2.75, 3.05) is 0 Å². The number of carboxylic acid groups (broad SMARTS) is 1. The Morgan fingerprint density at radius 2 is 2.13 bits per heavy atom. The second kappa shape index (κ2) is 4.42. The topological polar surface area (TPSA) is 68.0 Å². The van der Waals surface area contributed by atoms with Gasteiger partial charge in [0.15, 0.2) is 0 Å². The van der Waals surface area contributed by atoms with Crippen molar-refractivity contribution in [1.82, 2.24) is 15.0 Å². The number of nitrogens with zero attached hydrogens (tertiary/aromatic N) is 3. The van der Waals surface area contributed by atoms with E-state index in [0.717, 1.165) is 25.7 Å². The van der Waals surface area contributed by atoms with Gasteiger partial charge in [0.2, 0.25) is 0 Å². The highest BCUT2D eigenvalue weighted by atomic mass is 16.4. The van der Waals surface area contributed by atoms with E-state index < -0.39 is 5.97 Å². The van der Waals surface area contributed by atoms with E-state index in [1.165, 1.54) is 0 Å². The molecule has 15 heavy (non-hydrogen) atoms. The molecule has 1 saturated carbocycles. The molecule has 1 N–H and O–H groups in total. The molecule has 0 spiro atoms. The van der Waals surface area contributed by atoms with E-state index in [1.807, 2.05) is 0 Å². The first-order valence-corrected chi connectivity index (χ1v) is 5.33. The quantitative estimate of drug-likeness (QED) is 0.815. The number of carboxylic acids is 1.